The fourth-order valence-electron chi connectivity index (χ4n) is 0.974. The van der Waals surface area contributed by atoms with Gasteiger partial charge in [0.25, 0.3) is 0 Å². The summed E-state index contributed by atoms with van der Waals surface area (Å²) >= 11 is 0. The van der Waals surface area contributed by atoms with Crippen molar-refractivity contribution in [3.8, 4) is 0 Å². The van der Waals surface area contributed by atoms with E-state index in [4.69, 9.17) is 25.5 Å². The van der Waals surface area contributed by atoms with Crippen LogP contribution in [0.3, 0.4) is 0 Å². The van der Waals surface area contributed by atoms with Crippen molar-refractivity contribution in [2.75, 3.05) is 39.5 Å². The van der Waals surface area contributed by atoms with Crippen LogP contribution in [0.1, 0.15) is 12.8 Å². The Balaban J connectivity index is -0.000000262. The van der Waals surface area contributed by atoms with Gasteiger partial charge in [0, 0.05) is 36.7 Å². The van der Waals surface area contributed by atoms with Gasteiger partial charge in [-0.2, -0.15) is 0 Å². The molecule has 0 heterocycles. The second-order valence-electron chi connectivity index (χ2n) is 3.30. The topological polar surface area (TPSA) is 139 Å². The van der Waals surface area contributed by atoms with Crippen LogP contribution >= 0.6 is 0 Å². The molecule has 116 valence electrons. The van der Waals surface area contributed by atoms with E-state index in [1.165, 1.54) is 0 Å². The van der Waals surface area contributed by atoms with Crippen LogP contribution in [0.2, 0.25) is 0 Å². The zero-order valence-electron chi connectivity index (χ0n) is 10.5. The average Bonchev–Trinajstić information content (AvgIpc) is 2.28. The molecule has 0 aliphatic carbocycles. The molecule has 5 N–H and O–H groups in total. The molecule has 0 rings (SSSR count). The molecule has 0 aliphatic rings. The Morgan fingerprint density at radius 3 is 1.16 bits per heavy atom. The van der Waals surface area contributed by atoms with E-state index in [0.29, 0.717) is 19.6 Å². The van der Waals surface area contributed by atoms with Crippen molar-refractivity contribution in [2.24, 2.45) is 0 Å². The summed E-state index contributed by atoms with van der Waals surface area (Å²) in [6.45, 7) is 1.75. The Labute approximate surface area is 122 Å². The van der Waals surface area contributed by atoms with Gasteiger partial charge in [0.15, 0.2) is 0 Å². The molecule has 0 radical (unpaired) electrons. The maximum absolute atomic E-state index is 9.64. The van der Waals surface area contributed by atoms with Crippen LogP contribution in [0.5, 0.6) is 0 Å². The van der Waals surface area contributed by atoms with E-state index < -0.39 is 11.9 Å². The summed E-state index contributed by atoms with van der Waals surface area (Å²) in [7, 11) is 0. The summed E-state index contributed by atoms with van der Waals surface area (Å²) < 4.78 is 0. The van der Waals surface area contributed by atoms with Crippen LogP contribution < -0.4 is 0 Å². The van der Waals surface area contributed by atoms with Crippen LogP contribution in [0, 0.1) is 0 Å². The number of aliphatic hydroxyl groups excluding tert-OH is 3. The molecule has 9 heteroatoms. The zero-order valence-corrected chi connectivity index (χ0v) is 11.6. The van der Waals surface area contributed by atoms with Crippen molar-refractivity contribution in [2.45, 2.75) is 12.8 Å². The normalized spacial score (nSPS) is 9.26. The minimum absolute atomic E-state index is 0. The predicted molar refractivity (Wildman–Crippen MR) is 62.2 cm³/mol. The number of hydrogen-bond donors (Lipinski definition) is 5. The first-order valence-corrected chi connectivity index (χ1v) is 5.46. The molecule has 0 amide bonds. The number of carboxylic acids is 2. The van der Waals surface area contributed by atoms with E-state index in [1.807, 2.05) is 0 Å². The van der Waals surface area contributed by atoms with Crippen LogP contribution in [0.4, 0.5) is 0 Å². The van der Waals surface area contributed by atoms with Crippen molar-refractivity contribution in [3.63, 3.8) is 0 Å². The van der Waals surface area contributed by atoms with Crippen molar-refractivity contribution in [1.29, 1.82) is 0 Å². The van der Waals surface area contributed by atoms with Gasteiger partial charge in [-0.25, -0.2) is 0 Å². The summed E-state index contributed by atoms with van der Waals surface area (Å²) in [5.74, 6) is -2.15. The van der Waals surface area contributed by atoms with Crippen LogP contribution in [0.15, 0.2) is 0 Å². The third-order valence-electron chi connectivity index (χ3n) is 1.80. The number of aliphatic carboxylic acids is 2. The van der Waals surface area contributed by atoms with Gasteiger partial charge >= 0.3 is 11.9 Å². The molecule has 0 aliphatic heterocycles. The van der Waals surface area contributed by atoms with Gasteiger partial charge in [0.05, 0.1) is 32.7 Å². The third kappa shape index (κ3) is 22.9. The van der Waals surface area contributed by atoms with Gasteiger partial charge in [-0.05, 0) is 0 Å². The molecule has 19 heavy (non-hydrogen) atoms. The quantitative estimate of drug-likeness (QED) is 0.313. The number of rotatable bonds is 9. The fraction of sp³-hybridized carbons (Fsp3) is 0.800. The van der Waals surface area contributed by atoms with Crippen molar-refractivity contribution in [3.05, 3.63) is 0 Å². The maximum atomic E-state index is 9.64. The Morgan fingerprint density at radius 2 is 1.00 bits per heavy atom. The molecule has 0 unspecified atom stereocenters. The summed E-state index contributed by atoms with van der Waals surface area (Å²) in [5.41, 5.74) is 0. The minimum Gasteiger partial charge on any atom is -0.481 e. The van der Waals surface area contributed by atoms with Crippen LogP contribution in [-0.2, 0) is 26.7 Å². The van der Waals surface area contributed by atoms with Crippen molar-refractivity contribution < 1.29 is 52.2 Å². The summed E-state index contributed by atoms with van der Waals surface area (Å²) in [6, 6.07) is 0. The van der Waals surface area contributed by atoms with E-state index in [2.05, 4.69) is 0 Å². The SMILES string of the molecule is O=C(O)CCC(=O)O.OCCN(CCO)CCO.[Fe]. The third-order valence-corrected chi connectivity index (χ3v) is 1.80. The number of aliphatic hydroxyl groups is 3. The van der Waals surface area contributed by atoms with Gasteiger partial charge in [-0.15, -0.1) is 0 Å². The molecule has 0 aromatic carbocycles. The van der Waals surface area contributed by atoms with E-state index in [-0.39, 0.29) is 49.7 Å². The molecular weight excluding hydrogens is 302 g/mol. The molecule has 0 atom stereocenters. The monoisotopic (exact) mass is 323 g/mol. The van der Waals surface area contributed by atoms with Gasteiger partial charge in [-0.1, -0.05) is 0 Å². The number of carbonyl (C=O) groups is 2. The predicted octanol–water partition coefficient (Wildman–Crippen LogP) is -1.80. The largest absolute Gasteiger partial charge is 0.481 e. The Morgan fingerprint density at radius 1 is 0.737 bits per heavy atom. The van der Waals surface area contributed by atoms with E-state index in [9.17, 15) is 9.59 Å². The first-order valence-electron chi connectivity index (χ1n) is 5.46. The zero-order chi connectivity index (χ0) is 14.4. The van der Waals surface area contributed by atoms with Gasteiger partial charge in [0.1, 0.15) is 0 Å². The second kappa shape index (κ2) is 17.3. The van der Waals surface area contributed by atoms with E-state index >= 15 is 0 Å². The molecule has 0 aromatic rings. The number of nitrogens with zero attached hydrogens (tertiary/aromatic N) is 1. The van der Waals surface area contributed by atoms with Gasteiger partial charge in [0.2, 0.25) is 0 Å². The first-order chi connectivity index (χ1) is 8.47. The molecule has 0 bridgehead atoms. The molecule has 0 spiro atoms. The smallest absolute Gasteiger partial charge is 0.303 e. The molecule has 0 saturated heterocycles. The standard InChI is InChI=1S/C6H15NO3.C4H6O4.Fe/c8-4-1-7(2-5-9)3-6-10;5-3(6)1-2-4(7)8;/h8-10H,1-6H2;1-2H2,(H,5,6)(H,7,8);. The minimum atomic E-state index is -1.08. The Bertz CT molecular complexity index is 200. The molecule has 0 aromatic heterocycles. The summed E-state index contributed by atoms with van der Waals surface area (Å²) in [6.07, 6.45) is -0.593. The second-order valence-corrected chi connectivity index (χ2v) is 3.30. The molecule has 0 saturated carbocycles. The summed E-state index contributed by atoms with van der Waals surface area (Å²) in [4.78, 5) is 21.1. The Kier molecular flexibility index (Phi) is 21.3. The van der Waals surface area contributed by atoms with E-state index in [0.717, 1.165) is 0 Å². The van der Waals surface area contributed by atoms with E-state index in [1.54, 1.807) is 4.90 Å². The van der Waals surface area contributed by atoms with Crippen LogP contribution in [-0.4, -0.2) is 81.8 Å². The number of hydrogen-bond acceptors (Lipinski definition) is 6. The molecule has 8 nitrogen and oxygen atoms in total. The molecule has 0 fully saturated rings. The maximum Gasteiger partial charge on any atom is 0.303 e. The van der Waals surface area contributed by atoms with Gasteiger partial charge in [-0.3, -0.25) is 14.5 Å². The number of carboxylic acid groups (broad SMARTS) is 2. The molecular formula is C10H21FeNO7. The average molecular weight is 323 g/mol. The van der Waals surface area contributed by atoms with Gasteiger partial charge < -0.3 is 25.5 Å². The van der Waals surface area contributed by atoms with Crippen molar-refractivity contribution in [1.82, 2.24) is 4.90 Å². The first kappa shape index (κ1) is 23.4. The fourth-order valence-corrected chi connectivity index (χ4v) is 0.974. The van der Waals surface area contributed by atoms with Crippen molar-refractivity contribution >= 4 is 11.9 Å². The summed E-state index contributed by atoms with van der Waals surface area (Å²) in [5, 5.41) is 41.3. The Hall–Kier alpha value is -0.701. The van der Waals surface area contributed by atoms with Crippen LogP contribution in [0.25, 0.3) is 0 Å².